The van der Waals surface area contributed by atoms with Crippen LogP contribution in [0.4, 0.5) is 0 Å². The van der Waals surface area contributed by atoms with Crippen molar-refractivity contribution in [1.29, 1.82) is 0 Å². The second kappa shape index (κ2) is 8.37. The molecule has 0 radical (unpaired) electrons. The van der Waals surface area contributed by atoms with Crippen LogP contribution in [0, 0.1) is 12.8 Å². The highest BCUT2D eigenvalue weighted by atomic mass is 35.5. The largest absolute Gasteiger partial charge is 0.340 e. The van der Waals surface area contributed by atoms with Crippen molar-refractivity contribution in [1.82, 2.24) is 9.80 Å². The molecule has 1 atom stereocenters. The van der Waals surface area contributed by atoms with Crippen LogP contribution < -0.4 is 5.73 Å². The number of nitrogens with two attached hydrogens (primary N) is 1. The number of hydrogen-bond donors (Lipinski definition) is 1. The van der Waals surface area contributed by atoms with Crippen LogP contribution in [0.15, 0.2) is 24.3 Å². The van der Waals surface area contributed by atoms with Gasteiger partial charge >= 0.3 is 0 Å². The standard InChI is InChI=1S/C16H25N3O.ClH/c1-13-5-3-4-6-15(13)11-18(2)16(20)12-19-8-7-14(9-17)10-19;/h3-6,14H,7-12,17H2,1-2H3;1H. The Bertz CT molecular complexity index is 467. The Morgan fingerprint density at radius 3 is 2.76 bits per heavy atom. The van der Waals surface area contributed by atoms with Gasteiger partial charge in [0.05, 0.1) is 6.54 Å². The van der Waals surface area contributed by atoms with E-state index < -0.39 is 0 Å². The molecule has 1 unspecified atom stereocenters. The number of carbonyl (C=O) groups is 1. The molecule has 2 N–H and O–H groups in total. The van der Waals surface area contributed by atoms with Gasteiger partial charge in [-0.2, -0.15) is 0 Å². The van der Waals surface area contributed by atoms with Gasteiger partial charge < -0.3 is 10.6 Å². The normalized spacial score (nSPS) is 18.3. The minimum Gasteiger partial charge on any atom is -0.340 e. The number of rotatable bonds is 5. The van der Waals surface area contributed by atoms with Crippen molar-refractivity contribution in [3.63, 3.8) is 0 Å². The Morgan fingerprint density at radius 1 is 1.43 bits per heavy atom. The van der Waals surface area contributed by atoms with Crippen LogP contribution >= 0.6 is 12.4 Å². The number of benzene rings is 1. The molecule has 1 heterocycles. The fourth-order valence-electron chi connectivity index (χ4n) is 2.69. The van der Waals surface area contributed by atoms with E-state index in [1.165, 1.54) is 11.1 Å². The molecule has 0 aliphatic carbocycles. The summed E-state index contributed by atoms with van der Waals surface area (Å²) in [7, 11) is 1.88. The Labute approximate surface area is 133 Å². The zero-order valence-corrected chi connectivity index (χ0v) is 13.7. The quantitative estimate of drug-likeness (QED) is 0.899. The van der Waals surface area contributed by atoms with Crippen molar-refractivity contribution in [2.75, 3.05) is 33.2 Å². The molecule has 5 heteroatoms. The Kier molecular flexibility index (Phi) is 7.15. The first-order valence-corrected chi connectivity index (χ1v) is 7.31. The third-order valence-corrected chi connectivity index (χ3v) is 4.16. The van der Waals surface area contributed by atoms with Crippen LogP contribution in [0.1, 0.15) is 17.5 Å². The molecule has 1 saturated heterocycles. The number of halogens is 1. The molecular formula is C16H26ClN3O. The van der Waals surface area contributed by atoms with Crippen LogP contribution in [0.2, 0.25) is 0 Å². The minimum absolute atomic E-state index is 0. The van der Waals surface area contributed by atoms with E-state index in [1.807, 2.05) is 24.1 Å². The van der Waals surface area contributed by atoms with Gasteiger partial charge in [0.1, 0.15) is 0 Å². The summed E-state index contributed by atoms with van der Waals surface area (Å²) in [6, 6.07) is 8.21. The van der Waals surface area contributed by atoms with Gasteiger partial charge in [-0.25, -0.2) is 0 Å². The van der Waals surface area contributed by atoms with Crippen molar-refractivity contribution in [3.8, 4) is 0 Å². The molecule has 118 valence electrons. The Hall–Kier alpha value is -1.10. The predicted molar refractivity (Wildman–Crippen MR) is 88.5 cm³/mol. The number of likely N-dealkylation sites (N-methyl/N-ethyl adjacent to an activating group) is 1. The van der Waals surface area contributed by atoms with Crippen LogP contribution in [-0.4, -0.2) is 48.9 Å². The molecule has 1 aromatic carbocycles. The summed E-state index contributed by atoms with van der Waals surface area (Å²) in [5, 5.41) is 0. The lowest BCUT2D eigenvalue weighted by atomic mass is 10.1. The molecule has 1 aliphatic rings. The summed E-state index contributed by atoms with van der Waals surface area (Å²) >= 11 is 0. The van der Waals surface area contributed by atoms with Crippen molar-refractivity contribution in [3.05, 3.63) is 35.4 Å². The van der Waals surface area contributed by atoms with E-state index in [-0.39, 0.29) is 18.3 Å². The highest BCUT2D eigenvalue weighted by Gasteiger charge is 2.24. The molecule has 2 rings (SSSR count). The molecular weight excluding hydrogens is 286 g/mol. The second-order valence-electron chi connectivity index (χ2n) is 5.80. The monoisotopic (exact) mass is 311 g/mol. The van der Waals surface area contributed by atoms with E-state index in [9.17, 15) is 4.79 Å². The number of nitrogens with zero attached hydrogens (tertiary/aromatic N) is 2. The maximum absolute atomic E-state index is 12.3. The minimum atomic E-state index is 0. The first-order chi connectivity index (χ1) is 9.60. The summed E-state index contributed by atoms with van der Waals surface area (Å²) in [6.07, 6.45) is 1.12. The van der Waals surface area contributed by atoms with Gasteiger partial charge in [-0.3, -0.25) is 9.69 Å². The second-order valence-corrected chi connectivity index (χ2v) is 5.80. The summed E-state index contributed by atoms with van der Waals surface area (Å²) in [5.41, 5.74) is 8.13. The van der Waals surface area contributed by atoms with Gasteiger partial charge in [-0.05, 0) is 43.5 Å². The number of amides is 1. The topological polar surface area (TPSA) is 49.6 Å². The third-order valence-electron chi connectivity index (χ3n) is 4.16. The molecule has 21 heavy (non-hydrogen) atoms. The van der Waals surface area contributed by atoms with Gasteiger partial charge in [-0.15, -0.1) is 12.4 Å². The Balaban J connectivity index is 0.00000220. The maximum Gasteiger partial charge on any atom is 0.236 e. The van der Waals surface area contributed by atoms with E-state index in [1.54, 1.807) is 0 Å². The summed E-state index contributed by atoms with van der Waals surface area (Å²) in [4.78, 5) is 16.3. The zero-order chi connectivity index (χ0) is 14.5. The number of likely N-dealkylation sites (tertiary alicyclic amines) is 1. The van der Waals surface area contributed by atoms with E-state index in [0.717, 1.165) is 26.1 Å². The van der Waals surface area contributed by atoms with E-state index >= 15 is 0 Å². The van der Waals surface area contributed by atoms with Crippen LogP contribution in [0.25, 0.3) is 0 Å². The highest BCUT2D eigenvalue weighted by Crippen LogP contribution is 2.15. The first kappa shape index (κ1) is 18.0. The number of carbonyl (C=O) groups excluding carboxylic acids is 1. The lowest BCUT2D eigenvalue weighted by molar-refractivity contribution is -0.131. The van der Waals surface area contributed by atoms with E-state index in [2.05, 4.69) is 24.0 Å². The van der Waals surface area contributed by atoms with Crippen LogP contribution in [-0.2, 0) is 11.3 Å². The smallest absolute Gasteiger partial charge is 0.236 e. The van der Waals surface area contributed by atoms with Crippen LogP contribution in [0.5, 0.6) is 0 Å². The van der Waals surface area contributed by atoms with Gasteiger partial charge in [0.15, 0.2) is 0 Å². The molecule has 0 aromatic heterocycles. The van der Waals surface area contributed by atoms with Crippen LogP contribution in [0.3, 0.4) is 0 Å². The number of hydrogen-bond acceptors (Lipinski definition) is 3. The summed E-state index contributed by atoms with van der Waals surface area (Å²) < 4.78 is 0. The SMILES string of the molecule is Cc1ccccc1CN(C)C(=O)CN1CCC(CN)C1.Cl. The Morgan fingerprint density at radius 2 is 2.14 bits per heavy atom. The molecule has 0 saturated carbocycles. The molecule has 4 nitrogen and oxygen atoms in total. The summed E-state index contributed by atoms with van der Waals surface area (Å²) in [5.74, 6) is 0.746. The molecule has 1 fully saturated rings. The van der Waals surface area contributed by atoms with E-state index in [4.69, 9.17) is 5.73 Å². The highest BCUT2D eigenvalue weighted by molar-refractivity contribution is 5.85. The molecule has 0 bridgehead atoms. The zero-order valence-electron chi connectivity index (χ0n) is 12.9. The average molecular weight is 312 g/mol. The predicted octanol–water partition coefficient (Wildman–Crippen LogP) is 1.66. The fourth-order valence-corrected chi connectivity index (χ4v) is 2.69. The van der Waals surface area contributed by atoms with Crippen molar-refractivity contribution in [2.24, 2.45) is 11.7 Å². The average Bonchev–Trinajstić information content (AvgIpc) is 2.89. The van der Waals surface area contributed by atoms with Gasteiger partial charge in [0, 0.05) is 20.1 Å². The van der Waals surface area contributed by atoms with Gasteiger partial charge in [0.25, 0.3) is 0 Å². The summed E-state index contributed by atoms with van der Waals surface area (Å²) in [6.45, 7) is 5.95. The fraction of sp³-hybridized carbons (Fsp3) is 0.562. The molecule has 1 aliphatic heterocycles. The van der Waals surface area contributed by atoms with Crippen molar-refractivity contribution < 1.29 is 4.79 Å². The van der Waals surface area contributed by atoms with E-state index in [0.29, 0.717) is 19.0 Å². The lowest BCUT2D eigenvalue weighted by Gasteiger charge is -2.22. The van der Waals surface area contributed by atoms with Gasteiger partial charge in [0.2, 0.25) is 5.91 Å². The third kappa shape index (κ3) is 4.99. The first-order valence-electron chi connectivity index (χ1n) is 7.31. The molecule has 1 aromatic rings. The molecule has 1 amide bonds. The van der Waals surface area contributed by atoms with Gasteiger partial charge in [-0.1, -0.05) is 24.3 Å². The lowest BCUT2D eigenvalue weighted by Crippen LogP contribution is -2.37. The number of aryl methyl sites for hydroxylation is 1. The van der Waals surface area contributed by atoms with Crippen molar-refractivity contribution >= 4 is 18.3 Å². The maximum atomic E-state index is 12.3. The van der Waals surface area contributed by atoms with Crippen molar-refractivity contribution in [2.45, 2.75) is 19.9 Å². The molecule has 0 spiro atoms.